The second-order valence-corrected chi connectivity index (χ2v) is 3.26. The minimum atomic E-state index is -2.51. The van der Waals surface area contributed by atoms with Gasteiger partial charge in [-0.15, -0.1) is 12.6 Å². The quantitative estimate of drug-likeness (QED) is 0.764. The second-order valence-electron chi connectivity index (χ2n) is 2.81. The molecule has 0 saturated heterocycles. The first-order valence-corrected chi connectivity index (χ1v) is 4.57. The van der Waals surface area contributed by atoms with Crippen molar-refractivity contribution in [2.45, 2.75) is 24.2 Å². The van der Waals surface area contributed by atoms with Gasteiger partial charge in [0.1, 0.15) is 0 Å². The molecule has 4 heteroatoms. The Labute approximate surface area is 86.8 Å². The van der Waals surface area contributed by atoms with Crippen LogP contribution in [0.3, 0.4) is 0 Å². The number of nitriles is 1. The van der Waals surface area contributed by atoms with Crippen LogP contribution < -0.4 is 0 Å². The van der Waals surface area contributed by atoms with Crippen LogP contribution in [-0.2, 0) is 6.42 Å². The minimum Gasteiger partial charge on any atom is -0.205 e. The predicted octanol–water partition coefficient (Wildman–Crippen LogP) is 3.37. The monoisotopic (exact) mass is 213 g/mol. The van der Waals surface area contributed by atoms with Gasteiger partial charge >= 0.3 is 0 Å². The van der Waals surface area contributed by atoms with E-state index in [0.717, 1.165) is 0 Å². The van der Waals surface area contributed by atoms with E-state index < -0.39 is 6.43 Å². The maximum absolute atomic E-state index is 12.4. The summed E-state index contributed by atoms with van der Waals surface area (Å²) in [6.07, 6.45) is -1.72. The maximum Gasteiger partial charge on any atom is 0.264 e. The van der Waals surface area contributed by atoms with Crippen molar-refractivity contribution >= 4 is 12.6 Å². The average Bonchev–Trinajstić information content (AvgIpc) is 2.16. The van der Waals surface area contributed by atoms with Gasteiger partial charge in [0, 0.05) is 16.9 Å². The van der Waals surface area contributed by atoms with Crippen molar-refractivity contribution in [3.63, 3.8) is 0 Å². The molecule has 0 aliphatic carbocycles. The average molecular weight is 213 g/mol. The van der Waals surface area contributed by atoms with Crippen molar-refractivity contribution in [3.05, 3.63) is 29.3 Å². The van der Waals surface area contributed by atoms with Gasteiger partial charge in [0.05, 0.1) is 6.07 Å². The van der Waals surface area contributed by atoms with E-state index in [1.54, 1.807) is 12.1 Å². The number of alkyl halides is 2. The number of halogens is 2. The summed E-state index contributed by atoms with van der Waals surface area (Å²) in [5, 5.41) is 8.37. The van der Waals surface area contributed by atoms with E-state index in [-0.39, 0.29) is 5.56 Å². The van der Waals surface area contributed by atoms with Gasteiger partial charge in [0.15, 0.2) is 0 Å². The maximum atomic E-state index is 12.4. The molecule has 0 fully saturated rings. The molecule has 0 aliphatic rings. The smallest absolute Gasteiger partial charge is 0.205 e. The summed E-state index contributed by atoms with van der Waals surface area (Å²) in [6, 6.07) is 6.60. The van der Waals surface area contributed by atoms with Gasteiger partial charge in [0.25, 0.3) is 6.43 Å². The van der Waals surface area contributed by atoms with Crippen LogP contribution in [0.1, 0.15) is 24.0 Å². The molecule has 0 aromatic heterocycles. The van der Waals surface area contributed by atoms with E-state index in [9.17, 15) is 8.78 Å². The Balaban J connectivity index is 2.96. The first kappa shape index (κ1) is 11.0. The highest BCUT2D eigenvalue weighted by Crippen LogP contribution is 2.28. The predicted molar refractivity (Wildman–Crippen MR) is 52.6 cm³/mol. The van der Waals surface area contributed by atoms with Crippen molar-refractivity contribution in [3.8, 4) is 6.07 Å². The molecule has 0 unspecified atom stereocenters. The van der Waals surface area contributed by atoms with Gasteiger partial charge in [-0.05, 0) is 12.0 Å². The standard InChI is InChI=1S/C10H9F2NS/c11-10(12)8-5-1-3-7(9(8)14)4-2-6-13/h1,3,5,10,14H,2,4H2. The molecular formula is C10H9F2NS. The van der Waals surface area contributed by atoms with Crippen LogP contribution in [0.4, 0.5) is 8.78 Å². The van der Waals surface area contributed by atoms with Crippen LogP contribution in [0.25, 0.3) is 0 Å². The Morgan fingerprint density at radius 2 is 2.14 bits per heavy atom. The topological polar surface area (TPSA) is 23.8 Å². The molecule has 0 heterocycles. The van der Waals surface area contributed by atoms with Gasteiger partial charge < -0.3 is 0 Å². The molecule has 0 radical (unpaired) electrons. The molecule has 1 nitrogen and oxygen atoms in total. The molecule has 74 valence electrons. The van der Waals surface area contributed by atoms with Crippen molar-refractivity contribution in [2.24, 2.45) is 0 Å². The zero-order chi connectivity index (χ0) is 10.6. The molecule has 0 amide bonds. The third-order valence-electron chi connectivity index (χ3n) is 1.89. The van der Waals surface area contributed by atoms with Crippen molar-refractivity contribution in [2.75, 3.05) is 0 Å². The first-order chi connectivity index (χ1) is 6.66. The highest BCUT2D eigenvalue weighted by atomic mass is 32.1. The lowest BCUT2D eigenvalue weighted by Crippen LogP contribution is -1.93. The van der Waals surface area contributed by atoms with Crippen molar-refractivity contribution in [1.82, 2.24) is 0 Å². The molecule has 0 spiro atoms. The number of thiol groups is 1. The summed E-state index contributed by atoms with van der Waals surface area (Å²) in [5.74, 6) is 0. The van der Waals surface area contributed by atoms with E-state index in [1.807, 2.05) is 6.07 Å². The third-order valence-corrected chi connectivity index (χ3v) is 2.44. The largest absolute Gasteiger partial charge is 0.264 e. The minimum absolute atomic E-state index is 0.0660. The summed E-state index contributed by atoms with van der Waals surface area (Å²) >= 11 is 4.03. The van der Waals surface area contributed by atoms with Crippen LogP contribution in [-0.4, -0.2) is 0 Å². The molecule has 1 aromatic rings. The van der Waals surface area contributed by atoms with E-state index in [4.69, 9.17) is 5.26 Å². The highest BCUT2D eigenvalue weighted by molar-refractivity contribution is 7.80. The lowest BCUT2D eigenvalue weighted by atomic mass is 10.1. The third kappa shape index (κ3) is 2.46. The van der Waals surface area contributed by atoms with Crippen LogP contribution in [0.2, 0.25) is 0 Å². The molecule has 0 atom stereocenters. The second kappa shape index (κ2) is 4.97. The highest BCUT2D eigenvalue weighted by Gasteiger charge is 2.12. The lowest BCUT2D eigenvalue weighted by Gasteiger charge is -2.08. The number of nitrogens with zero attached hydrogens (tertiary/aromatic N) is 1. The first-order valence-electron chi connectivity index (χ1n) is 4.12. The summed E-state index contributed by atoms with van der Waals surface area (Å²) in [5.41, 5.74) is 0.636. The van der Waals surface area contributed by atoms with E-state index in [2.05, 4.69) is 12.6 Å². The number of aryl methyl sites for hydroxylation is 1. The molecular weight excluding hydrogens is 204 g/mol. The molecule has 1 rings (SSSR count). The van der Waals surface area contributed by atoms with E-state index in [1.165, 1.54) is 6.07 Å². The number of hydrogen-bond acceptors (Lipinski definition) is 2. The van der Waals surface area contributed by atoms with Gasteiger partial charge in [-0.3, -0.25) is 0 Å². The fraction of sp³-hybridized carbons (Fsp3) is 0.300. The summed E-state index contributed by atoms with van der Waals surface area (Å²) < 4.78 is 24.8. The Kier molecular flexibility index (Phi) is 3.90. The Morgan fingerprint density at radius 1 is 1.43 bits per heavy atom. The number of benzene rings is 1. The fourth-order valence-corrected chi connectivity index (χ4v) is 1.54. The molecule has 14 heavy (non-hydrogen) atoms. The molecule has 0 saturated carbocycles. The molecule has 0 aliphatic heterocycles. The number of hydrogen-bond donors (Lipinski definition) is 1. The number of rotatable bonds is 3. The Morgan fingerprint density at radius 3 is 2.71 bits per heavy atom. The fourth-order valence-electron chi connectivity index (χ4n) is 1.18. The normalized spacial score (nSPS) is 10.2. The summed E-state index contributed by atoms with van der Waals surface area (Å²) in [4.78, 5) is 0.303. The Bertz CT molecular complexity index is 358. The van der Waals surface area contributed by atoms with Crippen LogP contribution in [0.15, 0.2) is 23.1 Å². The zero-order valence-electron chi connectivity index (χ0n) is 7.37. The SMILES string of the molecule is N#CCCc1cccc(C(F)F)c1S. The van der Waals surface area contributed by atoms with Crippen LogP contribution in [0, 0.1) is 11.3 Å². The zero-order valence-corrected chi connectivity index (χ0v) is 8.27. The van der Waals surface area contributed by atoms with Crippen molar-refractivity contribution in [1.29, 1.82) is 5.26 Å². The molecule has 1 aromatic carbocycles. The van der Waals surface area contributed by atoms with Crippen LogP contribution in [0.5, 0.6) is 0 Å². The van der Waals surface area contributed by atoms with E-state index in [0.29, 0.717) is 23.3 Å². The van der Waals surface area contributed by atoms with Gasteiger partial charge in [-0.25, -0.2) is 8.78 Å². The van der Waals surface area contributed by atoms with Gasteiger partial charge in [-0.1, -0.05) is 18.2 Å². The van der Waals surface area contributed by atoms with Crippen molar-refractivity contribution < 1.29 is 8.78 Å². The van der Waals surface area contributed by atoms with Gasteiger partial charge in [0.2, 0.25) is 0 Å². The van der Waals surface area contributed by atoms with E-state index >= 15 is 0 Å². The summed E-state index contributed by atoms with van der Waals surface area (Å²) in [6.45, 7) is 0. The van der Waals surface area contributed by atoms with Gasteiger partial charge in [-0.2, -0.15) is 5.26 Å². The molecule has 0 N–H and O–H groups in total. The Hall–Kier alpha value is -1.08. The summed E-state index contributed by atoms with van der Waals surface area (Å²) in [7, 11) is 0. The lowest BCUT2D eigenvalue weighted by molar-refractivity contribution is 0.148. The van der Waals surface area contributed by atoms with Crippen LogP contribution >= 0.6 is 12.6 Å². The molecule has 0 bridgehead atoms.